The van der Waals surface area contributed by atoms with Crippen LogP contribution in [0.25, 0.3) is 0 Å². The highest BCUT2D eigenvalue weighted by molar-refractivity contribution is 6.00. The van der Waals surface area contributed by atoms with Crippen LogP contribution in [0.2, 0.25) is 0 Å². The second-order valence-corrected chi connectivity index (χ2v) is 5.18. The van der Waals surface area contributed by atoms with Gasteiger partial charge in [-0.3, -0.25) is 9.59 Å². The van der Waals surface area contributed by atoms with Crippen molar-refractivity contribution in [1.29, 1.82) is 0 Å². The van der Waals surface area contributed by atoms with Crippen molar-refractivity contribution in [2.45, 2.75) is 31.8 Å². The predicted octanol–water partition coefficient (Wildman–Crippen LogP) is 1.82. The molecule has 1 N–H and O–H groups in total. The molecule has 2 unspecified atom stereocenters. The highest BCUT2D eigenvalue weighted by atomic mass is 19.1. The number of halogens is 1. The van der Waals surface area contributed by atoms with Crippen molar-refractivity contribution in [1.82, 2.24) is 10.2 Å². The molecule has 5 heteroatoms. The SMILES string of the molecule is CCC1(C)NC(=O)C(c2ccccc2)N(CCF)C1=O. The highest BCUT2D eigenvalue weighted by Gasteiger charge is 2.47. The van der Waals surface area contributed by atoms with E-state index in [1.165, 1.54) is 4.90 Å². The molecule has 108 valence electrons. The first-order chi connectivity index (χ1) is 9.53. The number of amides is 2. The smallest absolute Gasteiger partial charge is 0.249 e. The number of hydrogen-bond donors (Lipinski definition) is 1. The lowest BCUT2D eigenvalue weighted by atomic mass is 9.89. The molecule has 1 heterocycles. The standard InChI is InChI=1S/C15H19FN2O2/c1-3-15(2)14(20)18(10-9-16)12(13(19)17-15)11-7-5-4-6-8-11/h4-8,12H,3,9-10H2,1-2H3,(H,17,19). The molecule has 4 nitrogen and oxygen atoms in total. The summed E-state index contributed by atoms with van der Waals surface area (Å²) in [7, 11) is 0. The molecule has 1 saturated heterocycles. The minimum Gasteiger partial charge on any atom is -0.340 e. The Bertz CT molecular complexity index is 506. The Balaban J connectivity index is 2.41. The second kappa shape index (κ2) is 5.61. The molecule has 1 aliphatic heterocycles. The van der Waals surface area contributed by atoms with E-state index in [1.807, 2.05) is 13.0 Å². The zero-order chi connectivity index (χ0) is 14.8. The van der Waals surface area contributed by atoms with Gasteiger partial charge in [-0.05, 0) is 18.9 Å². The number of carbonyl (C=O) groups excluding carboxylic acids is 2. The topological polar surface area (TPSA) is 49.4 Å². The van der Waals surface area contributed by atoms with Gasteiger partial charge in [0.2, 0.25) is 11.8 Å². The molecule has 0 bridgehead atoms. The van der Waals surface area contributed by atoms with E-state index < -0.39 is 18.3 Å². The van der Waals surface area contributed by atoms with Gasteiger partial charge in [-0.25, -0.2) is 4.39 Å². The number of hydrogen-bond acceptors (Lipinski definition) is 2. The number of nitrogens with one attached hydrogen (secondary N) is 1. The van der Waals surface area contributed by atoms with E-state index in [-0.39, 0.29) is 18.4 Å². The third kappa shape index (κ3) is 2.40. The van der Waals surface area contributed by atoms with Crippen molar-refractivity contribution < 1.29 is 14.0 Å². The van der Waals surface area contributed by atoms with Crippen molar-refractivity contribution in [2.75, 3.05) is 13.2 Å². The average molecular weight is 278 g/mol. The molecular formula is C15H19FN2O2. The zero-order valence-electron chi connectivity index (χ0n) is 11.7. The normalized spacial score (nSPS) is 26.6. The van der Waals surface area contributed by atoms with Crippen molar-refractivity contribution in [2.24, 2.45) is 0 Å². The van der Waals surface area contributed by atoms with E-state index in [1.54, 1.807) is 31.2 Å². The van der Waals surface area contributed by atoms with Gasteiger partial charge in [-0.1, -0.05) is 37.3 Å². The monoisotopic (exact) mass is 278 g/mol. The first-order valence-electron chi connectivity index (χ1n) is 6.77. The lowest BCUT2D eigenvalue weighted by molar-refractivity contribution is -0.155. The van der Waals surface area contributed by atoms with Gasteiger partial charge in [0.1, 0.15) is 18.3 Å². The first kappa shape index (κ1) is 14.5. The third-order valence-electron chi connectivity index (χ3n) is 3.84. The van der Waals surface area contributed by atoms with Gasteiger partial charge in [0.05, 0.1) is 6.54 Å². The Hall–Kier alpha value is -1.91. The van der Waals surface area contributed by atoms with Gasteiger partial charge in [-0.15, -0.1) is 0 Å². The lowest BCUT2D eigenvalue weighted by Crippen LogP contribution is -2.66. The van der Waals surface area contributed by atoms with Crippen molar-refractivity contribution in [3.8, 4) is 0 Å². The molecule has 0 aromatic heterocycles. The molecule has 0 aliphatic carbocycles. The Morgan fingerprint density at radius 3 is 2.50 bits per heavy atom. The molecular weight excluding hydrogens is 259 g/mol. The Labute approximate surface area is 118 Å². The summed E-state index contributed by atoms with van der Waals surface area (Å²) in [6.07, 6.45) is 0.474. The summed E-state index contributed by atoms with van der Waals surface area (Å²) >= 11 is 0. The molecule has 0 spiro atoms. The highest BCUT2D eigenvalue weighted by Crippen LogP contribution is 2.30. The quantitative estimate of drug-likeness (QED) is 0.913. The maximum atomic E-state index is 12.8. The van der Waals surface area contributed by atoms with Crippen LogP contribution in [0.3, 0.4) is 0 Å². The summed E-state index contributed by atoms with van der Waals surface area (Å²) < 4.78 is 12.8. The maximum absolute atomic E-state index is 12.8. The summed E-state index contributed by atoms with van der Waals surface area (Å²) in [5.74, 6) is -0.486. The van der Waals surface area contributed by atoms with Crippen LogP contribution in [0.4, 0.5) is 4.39 Å². The van der Waals surface area contributed by atoms with E-state index >= 15 is 0 Å². The number of alkyl halides is 1. The van der Waals surface area contributed by atoms with E-state index in [4.69, 9.17) is 0 Å². The molecule has 2 amide bonds. The number of rotatable bonds is 4. The van der Waals surface area contributed by atoms with Crippen LogP contribution in [0, 0.1) is 0 Å². The van der Waals surface area contributed by atoms with Gasteiger partial charge >= 0.3 is 0 Å². The predicted molar refractivity (Wildman–Crippen MR) is 73.7 cm³/mol. The minimum atomic E-state index is -0.947. The van der Waals surface area contributed by atoms with E-state index in [0.717, 1.165) is 0 Å². The lowest BCUT2D eigenvalue weighted by Gasteiger charge is -2.44. The molecule has 1 aliphatic rings. The molecule has 1 fully saturated rings. The number of carbonyl (C=O) groups is 2. The molecule has 0 radical (unpaired) electrons. The molecule has 2 rings (SSSR count). The number of nitrogens with zero attached hydrogens (tertiary/aromatic N) is 1. The van der Waals surface area contributed by atoms with Crippen LogP contribution < -0.4 is 5.32 Å². The summed E-state index contributed by atoms with van der Waals surface area (Å²) in [6, 6.07) is 8.23. The number of benzene rings is 1. The fourth-order valence-corrected chi connectivity index (χ4v) is 2.50. The average Bonchev–Trinajstić information content (AvgIpc) is 2.46. The van der Waals surface area contributed by atoms with Gasteiger partial charge in [0, 0.05) is 0 Å². The molecule has 1 aromatic rings. The van der Waals surface area contributed by atoms with Gasteiger partial charge in [-0.2, -0.15) is 0 Å². The summed E-state index contributed by atoms with van der Waals surface area (Å²) in [6.45, 7) is 2.78. The molecule has 0 saturated carbocycles. The van der Waals surface area contributed by atoms with Crippen molar-refractivity contribution in [3.63, 3.8) is 0 Å². The summed E-state index contributed by atoms with van der Waals surface area (Å²) in [4.78, 5) is 26.3. The third-order valence-corrected chi connectivity index (χ3v) is 3.84. The van der Waals surface area contributed by atoms with Crippen LogP contribution in [0.15, 0.2) is 30.3 Å². The Morgan fingerprint density at radius 1 is 1.30 bits per heavy atom. The molecule has 1 aromatic carbocycles. The first-order valence-corrected chi connectivity index (χ1v) is 6.77. The van der Waals surface area contributed by atoms with Crippen LogP contribution in [-0.4, -0.2) is 35.5 Å². The summed E-state index contributed by atoms with van der Waals surface area (Å²) in [5, 5.41) is 2.78. The van der Waals surface area contributed by atoms with Crippen LogP contribution in [-0.2, 0) is 9.59 Å². The number of piperazine rings is 1. The van der Waals surface area contributed by atoms with Crippen LogP contribution in [0.5, 0.6) is 0 Å². The van der Waals surface area contributed by atoms with Crippen molar-refractivity contribution >= 4 is 11.8 Å². The fraction of sp³-hybridized carbons (Fsp3) is 0.467. The van der Waals surface area contributed by atoms with Gasteiger partial charge < -0.3 is 10.2 Å². The van der Waals surface area contributed by atoms with Crippen molar-refractivity contribution in [3.05, 3.63) is 35.9 Å². The van der Waals surface area contributed by atoms with E-state index in [2.05, 4.69) is 5.32 Å². The molecule has 2 atom stereocenters. The minimum absolute atomic E-state index is 0.0681. The van der Waals surface area contributed by atoms with Crippen LogP contribution >= 0.6 is 0 Å². The molecule has 20 heavy (non-hydrogen) atoms. The zero-order valence-corrected chi connectivity index (χ0v) is 11.7. The Morgan fingerprint density at radius 2 is 1.95 bits per heavy atom. The van der Waals surface area contributed by atoms with Crippen LogP contribution in [0.1, 0.15) is 31.9 Å². The largest absolute Gasteiger partial charge is 0.340 e. The summed E-state index contributed by atoms with van der Waals surface area (Å²) in [5.41, 5.74) is -0.248. The maximum Gasteiger partial charge on any atom is 0.249 e. The van der Waals surface area contributed by atoms with Gasteiger partial charge in [0.15, 0.2) is 0 Å². The van der Waals surface area contributed by atoms with E-state index in [9.17, 15) is 14.0 Å². The fourth-order valence-electron chi connectivity index (χ4n) is 2.50. The Kier molecular flexibility index (Phi) is 4.06. The van der Waals surface area contributed by atoms with E-state index in [0.29, 0.717) is 12.0 Å². The van der Waals surface area contributed by atoms with Gasteiger partial charge in [0.25, 0.3) is 0 Å². The second-order valence-electron chi connectivity index (χ2n) is 5.18.